The van der Waals surface area contributed by atoms with Gasteiger partial charge in [-0.3, -0.25) is 9.78 Å². The van der Waals surface area contributed by atoms with E-state index < -0.39 is 0 Å². The van der Waals surface area contributed by atoms with Crippen molar-refractivity contribution in [3.8, 4) is 0 Å². The Balaban J connectivity index is 1.84. The molecule has 1 aromatic rings. The van der Waals surface area contributed by atoms with Gasteiger partial charge in [-0.05, 0) is 57.0 Å². The maximum absolute atomic E-state index is 12.1. The molecule has 1 aliphatic rings. The molecular weight excluding hydrogens is 250 g/mol. The van der Waals surface area contributed by atoms with Gasteiger partial charge < -0.3 is 10.2 Å². The van der Waals surface area contributed by atoms with Crippen LogP contribution in [-0.2, 0) is 4.79 Å². The number of aromatic nitrogens is 1. The summed E-state index contributed by atoms with van der Waals surface area (Å²) in [6.07, 6.45) is 5.80. The molecule has 1 N–H and O–H groups in total. The van der Waals surface area contributed by atoms with E-state index in [2.05, 4.69) is 28.2 Å². The fraction of sp³-hybridized carbons (Fsp3) is 0.625. The number of hydrogen-bond acceptors (Lipinski definition) is 3. The van der Waals surface area contributed by atoms with E-state index in [1.807, 2.05) is 19.2 Å². The summed E-state index contributed by atoms with van der Waals surface area (Å²) in [5, 5.41) is 3.11. The molecule has 1 unspecified atom stereocenters. The van der Waals surface area contributed by atoms with Crippen LogP contribution < -0.4 is 5.32 Å². The van der Waals surface area contributed by atoms with E-state index in [9.17, 15) is 4.79 Å². The third-order valence-electron chi connectivity index (χ3n) is 3.89. The summed E-state index contributed by atoms with van der Waals surface area (Å²) in [4.78, 5) is 18.8. The van der Waals surface area contributed by atoms with Crippen molar-refractivity contribution in [2.24, 2.45) is 0 Å². The molecule has 20 heavy (non-hydrogen) atoms. The van der Waals surface area contributed by atoms with Crippen molar-refractivity contribution in [3.05, 3.63) is 29.6 Å². The minimum atomic E-state index is 0.0287. The highest BCUT2D eigenvalue weighted by Crippen LogP contribution is 2.15. The van der Waals surface area contributed by atoms with Crippen LogP contribution in [0.25, 0.3) is 0 Å². The van der Waals surface area contributed by atoms with E-state index in [4.69, 9.17) is 0 Å². The Hall–Kier alpha value is -1.42. The van der Waals surface area contributed by atoms with Crippen LogP contribution in [0.1, 0.15) is 49.9 Å². The van der Waals surface area contributed by atoms with Crippen molar-refractivity contribution in [1.29, 1.82) is 0 Å². The van der Waals surface area contributed by atoms with Crippen LogP contribution in [0.5, 0.6) is 0 Å². The third-order valence-corrected chi connectivity index (χ3v) is 3.89. The van der Waals surface area contributed by atoms with E-state index in [1.165, 1.54) is 18.4 Å². The smallest absolute Gasteiger partial charge is 0.221 e. The predicted molar refractivity (Wildman–Crippen MR) is 80.4 cm³/mol. The van der Waals surface area contributed by atoms with Crippen molar-refractivity contribution in [2.45, 2.75) is 45.6 Å². The van der Waals surface area contributed by atoms with E-state index in [0.29, 0.717) is 6.42 Å². The number of carbonyl (C=O) groups excluding carboxylic acids is 1. The van der Waals surface area contributed by atoms with Gasteiger partial charge in [-0.2, -0.15) is 0 Å². The molecule has 0 saturated carbocycles. The summed E-state index contributed by atoms with van der Waals surface area (Å²) in [5.41, 5.74) is 2.14. The first-order valence-electron chi connectivity index (χ1n) is 7.63. The van der Waals surface area contributed by atoms with Gasteiger partial charge in [0, 0.05) is 19.2 Å². The van der Waals surface area contributed by atoms with Crippen LogP contribution in [-0.4, -0.2) is 35.4 Å². The summed E-state index contributed by atoms with van der Waals surface area (Å²) in [7, 11) is 0. The Kier molecular flexibility index (Phi) is 5.53. The number of hydrogen-bond donors (Lipinski definition) is 1. The molecule has 1 amide bonds. The van der Waals surface area contributed by atoms with E-state index in [-0.39, 0.29) is 11.9 Å². The number of likely N-dealkylation sites (tertiary alicyclic amines) is 1. The fourth-order valence-corrected chi connectivity index (χ4v) is 2.67. The van der Waals surface area contributed by atoms with E-state index in [0.717, 1.165) is 31.7 Å². The predicted octanol–water partition coefficient (Wildman–Crippen LogP) is 2.44. The highest BCUT2D eigenvalue weighted by atomic mass is 16.1. The lowest BCUT2D eigenvalue weighted by atomic mass is 10.1. The van der Waals surface area contributed by atoms with Crippen molar-refractivity contribution < 1.29 is 4.79 Å². The number of pyridine rings is 1. The van der Waals surface area contributed by atoms with Crippen LogP contribution in [0.3, 0.4) is 0 Å². The minimum Gasteiger partial charge on any atom is -0.348 e. The van der Waals surface area contributed by atoms with Crippen molar-refractivity contribution in [2.75, 3.05) is 19.6 Å². The van der Waals surface area contributed by atoms with Crippen LogP contribution in [0.2, 0.25) is 0 Å². The molecule has 1 aromatic heterocycles. The number of rotatable bonds is 6. The van der Waals surface area contributed by atoms with Crippen molar-refractivity contribution >= 4 is 5.91 Å². The second-order valence-corrected chi connectivity index (χ2v) is 5.59. The lowest BCUT2D eigenvalue weighted by Gasteiger charge is -2.18. The zero-order chi connectivity index (χ0) is 14.4. The van der Waals surface area contributed by atoms with Crippen LogP contribution in [0.15, 0.2) is 18.3 Å². The number of nitrogens with one attached hydrogen (secondary N) is 1. The molecule has 4 heteroatoms. The lowest BCUT2D eigenvalue weighted by Crippen LogP contribution is -2.32. The van der Waals surface area contributed by atoms with E-state index in [1.54, 1.807) is 0 Å². The maximum atomic E-state index is 12.1. The SMILES string of the molecule is CCC(NC(=O)CCN1CCCC1)c1cc(C)ccn1. The summed E-state index contributed by atoms with van der Waals surface area (Å²) in [5.74, 6) is 0.132. The topological polar surface area (TPSA) is 45.2 Å². The van der Waals surface area contributed by atoms with Crippen LogP contribution >= 0.6 is 0 Å². The zero-order valence-corrected chi connectivity index (χ0v) is 12.6. The maximum Gasteiger partial charge on any atom is 0.221 e. The summed E-state index contributed by atoms with van der Waals surface area (Å²) in [6, 6.07) is 4.06. The van der Waals surface area contributed by atoms with Crippen LogP contribution in [0, 0.1) is 6.92 Å². The van der Waals surface area contributed by atoms with Gasteiger partial charge in [-0.25, -0.2) is 0 Å². The molecule has 1 aliphatic heterocycles. The normalized spacial score (nSPS) is 17.1. The fourth-order valence-electron chi connectivity index (χ4n) is 2.67. The number of carbonyl (C=O) groups is 1. The first kappa shape index (κ1) is 15.0. The Bertz CT molecular complexity index is 441. The van der Waals surface area contributed by atoms with Gasteiger partial charge in [-0.15, -0.1) is 0 Å². The minimum absolute atomic E-state index is 0.0287. The average Bonchev–Trinajstić information content (AvgIpc) is 2.96. The number of aryl methyl sites for hydroxylation is 1. The highest BCUT2D eigenvalue weighted by molar-refractivity contribution is 5.76. The Morgan fingerprint density at radius 1 is 1.45 bits per heavy atom. The Morgan fingerprint density at radius 2 is 2.20 bits per heavy atom. The van der Waals surface area contributed by atoms with Gasteiger partial charge >= 0.3 is 0 Å². The third kappa shape index (κ3) is 4.30. The van der Waals surface area contributed by atoms with Gasteiger partial charge in [0.1, 0.15) is 0 Å². The molecular formula is C16H25N3O. The van der Waals surface area contributed by atoms with Gasteiger partial charge in [-0.1, -0.05) is 6.92 Å². The molecule has 0 aliphatic carbocycles. The second-order valence-electron chi connectivity index (χ2n) is 5.59. The monoisotopic (exact) mass is 275 g/mol. The molecule has 0 spiro atoms. The van der Waals surface area contributed by atoms with Gasteiger partial charge in [0.05, 0.1) is 11.7 Å². The Labute approximate surface area is 121 Å². The number of amides is 1. The second kappa shape index (κ2) is 7.39. The van der Waals surface area contributed by atoms with Crippen molar-refractivity contribution in [1.82, 2.24) is 15.2 Å². The van der Waals surface area contributed by atoms with Crippen LogP contribution in [0.4, 0.5) is 0 Å². The molecule has 2 rings (SSSR count). The van der Waals surface area contributed by atoms with E-state index >= 15 is 0 Å². The molecule has 1 saturated heterocycles. The quantitative estimate of drug-likeness (QED) is 0.867. The summed E-state index contributed by atoms with van der Waals surface area (Å²) in [6.45, 7) is 7.29. The molecule has 1 atom stereocenters. The molecule has 2 heterocycles. The lowest BCUT2D eigenvalue weighted by molar-refractivity contribution is -0.122. The first-order chi connectivity index (χ1) is 9.69. The van der Waals surface area contributed by atoms with Gasteiger partial charge in [0.15, 0.2) is 0 Å². The summed E-state index contributed by atoms with van der Waals surface area (Å²) < 4.78 is 0. The average molecular weight is 275 g/mol. The molecule has 4 nitrogen and oxygen atoms in total. The zero-order valence-electron chi connectivity index (χ0n) is 12.6. The van der Waals surface area contributed by atoms with Gasteiger partial charge in [0.2, 0.25) is 5.91 Å². The molecule has 110 valence electrons. The first-order valence-corrected chi connectivity index (χ1v) is 7.63. The molecule has 0 bridgehead atoms. The van der Waals surface area contributed by atoms with Gasteiger partial charge in [0.25, 0.3) is 0 Å². The molecule has 0 radical (unpaired) electrons. The largest absolute Gasteiger partial charge is 0.348 e. The standard InChI is InChI=1S/C16H25N3O/c1-3-14(15-12-13(2)6-8-17-15)18-16(20)7-11-19-9-4-5-10-19/h6,8,12,14H,3-5,7,9-11H2,1-2H3,(H,18,20). The highest BCUT2D eigenvalue weighted by Gasteiger charge is 2.16. The molecule has 0 aromatic carbocycles. The number of nitrogens with zero attached hydrogens (tertiary/aromatic N) is 2. The summed E-state index contributed by atoms with van der Waals surface area (Å²) >= 11 is 0. The molecule has 1 fully saturated rings. The Morgan fingerprint density at radius 3 is 2.85 bits per heavy atom. The van der Waals surface area contributed by atoms with Crippen molar-refractivity contribution in [3.63, 3.8) is 0 Å².